The smallest absolute Gasteiger partial charge is 0.241 e. The zero-order chi connectivity index (χ0) is 16.1. The van der Waals surface area contributed by atoms with Gasteiger partial charge in [-0.2, -0.15) is 4.98 Å². The topological polar surface area (TPSA) is 55.1 Å². The number of pyridine rings is 1. The van der Waals surface area contributed by atoms with E-state index in [1.54, 1.807) is 24.2 Å². The van der Waals surface area contributed by atoms with Gasteiger partial charge in [-0.1, -0.05) is 17.3 Å². The van der Waals surface area contributed by atoms with Crippen LogP contribution in [0.1, 0.15) is 11.5 Å². The molecule has 2 heterocycles. The largest absolute Gasteiger partial charge is 0.338 e. The summed E-state index contributed by atoms with van der Waals surface area (Å²) in [5.74, 6) is 1.18. The van der Waals surface area contributed by atoms with E-state index >= 15 is 0 Å². The fraction of sp³-hybridized carbons (Fsp3) is 0.235. The molecule has 0 aliphatic carbocycles. The van der Waals surface area contributed by atoms with Crippen LogP contribution in [0.4, 0.5) is 0 Å². The second-order valence-electron chi connectivity index (χ2n) is 5.27. The molecular weight excluding hydrogens is 308 g/mol. The van der Waals surface area contributed by atoms with Gasteiger partial charge in [0.1, 0.15) is 0 Å². The lowest BCUT2D eigenvalue weighted by Gasteiger charge is -2.14. The van der Waals surface area contributed by atoms with Crippen molar-refractivity contribution in [3.8, 4) is 11.4 Å². The van der Waals surface area contributed by atoms with Crippen molar-refractivity contribution in [3.63, 3.8) is 0 Å². The Morgan fingerprint density at radius 1 is 1.13 bits per heavy atom. The van der Waals surface area contributed by atoms with Crippen molar-refractivity contribution in [3.05, 3.63) is 60.2 Å². The van der Waals surface area contributed by atoms with Crippen molar-refractivity contribution >= 4 is 11.8 Å². The predicted molar refractivity (Wildman–Crippen MR) is 90.9 cm³/mol. The molecule has 3 rings (SSSR count). The highest BCUT2D eigenvalue weighted by atomic mass is 32.2. The summed E-state index contributed by atoms with van der Waals surface area (Å²) in [5, 5.41) is 4.01. The first kappa shape index (κ1) is 15.7. The second kappa shape index (κ2) is 7.39. The summed E-state index contributed by atoms with van der Waals surface area (Å²) in [6.07, 6.45) is 5.53. The number of aromatic nitrogens is 3. The van der Waals surface area contributed by atoms with Gasteiger partial charge >= 0.3 is 0 Å². The van der Waals surface area contributed by atoms with E-state index in [4.69, 9.17) is 4.52 Å². The van der Waals surface area contributed by atoms with Crippen molar-refractivity contribution in [1.82, 2.24) is 20.0 Å². The normalized spacial score (nSPS) is 11.1. The van der Waals surface area contributed by atoms with Crippen LogP contribution in [-0.2, 0) is 13.1 Å². The van der Waals surface area contributed by atoms with E-state index in [9.17, 15) is 0 Å². The first-order chi connectivity index (χ1) is 11.2. The molecule has 0 unspecified atom stereocenters. The van der Waals surface area contributed by atoms with Gasteiger partial charge in [0.2, 0.25) is 11.7 Å². The van der Waals surface area contributed by atoms with Crippen LogP contribution in [0, 0.1) is 0 Å². The van der Waals surface area contributed by atoms with Gasteiger partial charge in [-0.25, -0.2) is 0 Å². The average molecular weight is 326 g/mol. The van der Waals surface area contributed by atoms with Gasteiger partial charge in [-0.3, -0.25) is 9.88 Å². The molecule has 0 saturated carbocycles. The SMILES string of the molecule is CSc1ccc(CN(C)Cc2nc(-c3cccnc3)no2)cc1. The van der Waals surface area contributed by atoms with Gasteiger partial charge in [-0.05, 0) is 43.1 Å². The number of hydrogen-bond donors (Lipinski definition) is 0. The molecule has 0 aliphatic heterocycles. The molecule has 6 heteroatoms. The molecule has 1 aromatic carbocycles. The highest BCUT2D eigenvalue weighted by Gasteiger charge is 2.11. The molecule has 0 fully saturated rings. The van der Waals surface area contributed by atoms with E-state index in [0.717, 1.165) is 12.1 Å². The first-order valence-corrected chi connectivity index (χ1v) is 8.51. The van der Waals surface area contributed by atoms with Crippen molar-refractivity contribution in [2.24, 2.45) is 0 Å². The zero-order valence-electron chi connectivity index (χ0n) is 13.1. The second-order valence-corrected chi connectivity index (χ2v) is 6.15. The molecule has 0 amide bonds. The molecule has 5 nitrogen and oxygen atoms in total. The average Bonchev–Trinajstić information content (AvgIpc) is 3.04. The number of rotatable bonds is 6. The Kier molecular flexibility index (Phi) is 5.05. The molecule has 23 heavy (non-hydrogen) atoms. The molecule has 0 aliphatic rings. The predicted octanol–water partition coefficient (Wildman–Crippen LogP) is 3.49. The van der Waals surface area contributed by atoms with E-state index in [-0.39, 0.29) is 0 Å². The summed E-state index contributed by atoms with van der Waals surface area (Å²) in [5.41, 5.74) is 2.12. The van der Waals surface area contributed by atoms with E-state index in [1.807, 2.05) is 19.2 Å². The first-order valence-electron chi connectivity index (χ1n) is 7.29. The highest BCUT2D eigenvalue weighted by Crippen LogP contribution is 2.17. The molecule has 2 aromatic heterocycles. The van der Waals surface area contributed by atoms with Gasteiger partial charge in [0.25, 0.3) is 0 Å². The minimum absolute atomic E-state index is 0.575. The van der Waals surface area contributed by atoms with Gasteiger partial charge < -0.3 is 4.52 Å². The third-order valence-electron chi connectivity index (χ3n) is 3.40. The fourth-order valence-corrected chi connectivity index (χ4v) is 2.67. The summed E-state index contributed by atoms with van der Waals surface area (Å²) in [6.45, 7) is 1.44. The number of hydrogen-bond acceptors (Lipinski definition) is 6. The standard InChI is InChI=1S/C17H18N4OS/c1-21(11-13-5-7-15(23-2)8-6-13)12-16-19-17(20-22-16)14-4-3-9-18-10-14/h3-10H,11-12H2,1-2H3. The van der Waals surface area contributed by atoms with Crippen LogP contribution in [0.3, 0.4) is 0 Å². The maximum absolute atomic E-state index is 5.33. The van der Waals surface area contributed by atoms with Crippen LogP contribution in [0.25, 0.3) is 11.4 Å². The van der Waals surface area contributed by atoms with Crippen molar-refractivity contribution in [2.75, 3.05) is 13.3 Å². The molecule has 0 atom stereocenters. The lowest BCUT2D eigenvalue weighted by Crippen LogP contribution is -2.17. The van der Waals surface area contributed by atoms with Crippen LogP contribution >= 0.6 is 11.8 Å². The monoisotopic (exact) mass is 326 g/mol. The number of nitrogens with zero attached hydrogens (tertiary/aromatic N) is 4. The Bertz CT molecular complexity index is 743. The Morgan fingerprint density at radius 2 is 1.96 bits per heavy atom. The molecule has 0 saturated heterocycles. The van der Waals surface area contributed by atoms with Crippen molar-refractivity contribution in [2.45, 2.75) is 18.0 Å². The van der Waals surface area contributed by atoms with Crippen LogP contribution < -0.4 is 0 Å². The summed E-state index contributed by atoms with van der Waals surface area (Å²) in [4.78, 5) is 11.9. The van der Waals surface area contributed by atoms with Crippen LogP contribution in [0.2, 0.25) is 0 Å². The summed E-state index contributed by atoms with van der Waals surface area (Å²) in [7, 11) is 2.04. The third kappa shape index (κ3) is 4.18. The fourth-order valence-electron chi connectivity index (χ4n) is 2.26. The minimum atomic E-state index is 0.575. The molecular formula is C17H18N4OS. The Hall–Kier alpha value is -2.18. The zero-order valence-corrected chi connectivity index (χ0v) is 14.0. The van der Waals surface area contributed by atoms with Crippen molar-refractivity contribution in [1.29, 1.82) is 0 Å². The van der Waals surface area contributed by atoms with Gasteiger partial charge in [-0.15, -0.1) is 11.8 Å². The molecule has 3 aromatic rings. The lowest BCUT2D eigenvalue weighted by molar-refractivity contribution is 0.261. The van der Waals surface area contributed by atoms with E-state index in [1.165, 1.54) is 10.5 Å². The molecule has 0 bridgehead atoms. The maximum Gasteiger partial charge on any atom is 0.241 e. The minimum Gasteiger partial charge on any atom is -0.338 e. The van der Waals surface area contributed by atoms with Crippen LogP contribution in [0.5, 0.6) is 0 Å². The summed E-state index contributed by atoms with van der Waals surface area (Å²) < 4.78 is 5.33. The number of thioether (sulfide) groups is 1. The summed E-state index contributed by atoms with van der Waals surface area (Å²) >= 11 is 1.75. The van der Waals surface area contributed by atoms with E-state index < -0.39 is 0 Å². The molecule has 0 N–H and O–H groups in total. The van der Waals surface area contributed by atoms with Gasteiger partial charge in [0, 0.05) is 29.4 Å². The maximum atomic E-state index is 5.33. The highest BCUT2D eigenvalue weighted by molar-refractivity contribution is 7.98. The quantitative estimate of drug-likeness (QED) is 0.646. The van der Waals surface area contributed by atoms with Crippen LogP contribution in [-0.4, -0.2) is 33.3 Å². The third-order valence-corrected chi connectivity index (χ3v) is 4.15. The van der Waals surface area contributed by atoms with Crippen LogP contribution in [0.15, 0.2) is 58.2 Å². The molecule has 118 valence electrons. The lowest BCUT2D eigenvalue weighted by atomic mass is 10.2. The number of benzene rings is 1. The van der Waals surface area contributed by atoms with Gasteiger partial charge in [0.15, 0.2) is 0 Å². The Balaban J connectivity index is 1.61. The van der Waals surface area contributed by atoms with E-state index in [2.05, 4.69) is 50.5 Å². The summed E-state index contributed by atoms with van der Waals surface area (Å²) in [6, 6.07) is 12.4. The molecule has 0 spiro atoms. The Labute approximate surface area is 139 Å². The van der Waals surface area contributed by atoms with E-state index in [0.29, 0.717) is 18.3 Å². The van der Waals surface area contributed by atoms with Crippen molar-refractivity contribution < 1.29 is 4.52 Å². The Morgan fingerprint density at radius 3 is 2.65 bits per heavy atom. The molecule has 0 radical (unpaired) electrons. The van der Waals surface area contributed by atoms with Gasteiger partial charge in [0.05, 0.1) is 6.54 Å².